The lowest BCUT2D eigenvalue weighted by Gasteiger charge is -1.90. The summed E-state index contributed by atoms with van der Waals surface area (Å²) in [5.74, 6) is 0. The number of fused-ring (bicyclic) bond motifs is 1. The minimum atomic E-state index is 0. The molecule has 3 aromatic rings. The lowest BCUT2D eigenvalue weighted by atomic mass is 10.3. The van der Waals surface area contributed by atoms with Gasteiger partial charge >= 0.3 is 0 Å². The van der Waals surface area contributed by atoms with Crippen LogP contribution in [-0.4, -0.2) is 4.98 Å². The Morgan fingerprint density at radius 1 is 1.00 bits per heavy atom. The summed E-state index contributed by atoms with van der Waals surface area (Å²) in [5, 5.41) is 1.15. The van der Waals surface area contributed by atoms with Crippen molar-refractivity contribution in [2.45, 2.75) is 6.54 Å². The molecule has 3 rings (SSSR count). The Labute approximate surface area is 121 Å². The zero-order valence-electron chi connectivity index (χ0n) is 9.08. The van der Waals surface area contributed by atoms with E-state index in [1.807, 2.05) is 24.3 Å². The minimum Gasteiger partial charge on any atom is -1.00 e. The number of pyridine rings is 1. The van der Waals surface area contributed by atoms with Crippen molar-refractivity contribution >= 4 is 21.6 Å². The molecule has 0 atom stereocenters. The highest BCUT2D eigenvalue weighted by molar-refractivity contribution is 7.18. The first-order valence-corrected chi connectivity index (χ1v) is 6.02. The average Bonchev–Trinajstić information content (AvgIpc) is 2.72. The van der Waals surface area contributed by atoms with Crippen molar-refractivity contribution in [3.63, 3.8) is 0 Å². The van der Waals surface area contributed by atoms with Gasteiger partial charge in [-0.25, -0.2) is 4.98 Å². The summed E-state index contributed by atoms with van der Waals surface area (Å²) in [4.78, 5) is 4.61. The van der Waals surface area contributed by atoms with Crippen molar-refractivity contribution in [1.29, 1.82) is 0 Å². The Bertz CT molecular complexity index is 574. The zero-order valence-corrected chi connectivity index (χ0v) is 12.1. The molecule has 17 heavy (non-hydrogen) atoms. The summed E-state index contributed by atoms with van der Waals surface area (Å²) in [5.41, 5.74) is 1.10. The van der Waals surface area contributed by atoms with Crippen LogP contribution in [0.5, 0.6) is 0 Å². The number of rotatable bonds is 2. The third-order valence-corrected chi connectivity index (χ3v) is 3.45. The van der Waals surface area contributed by atoms with Gasteiger partial charge in [0.15, 0.2) is 23.9 Å². The normalized spacial score (nSPS) is 10.1. The van der Waals surface area contributed by atoms with Gasteiger partial charge in [-0.2, -0.15) is 4.57 Å². The van der Waals surface area contributed by atoms with Gasteiger partial charge in [0.2, 0.25) is 0 Å². The molecule has 2 aromatic heterocycles. The first-order chi connectivity index (χ1) is 7.92. The molecule has 0 saturated heterocycles. The third kappa shape index (κ3) is 2.81. The highest BCUT2D eigenvalue weighted by atomic mass is 127. The molecule has 0 amide bonds. The van der Waals surface area contributed by atoms with E-state index < -0.39 is 0 Å². The number of halogens is 1. The topological polar surface area (TPSA) is 16.8 Å². The molecule has 2 nitrogen and oxygen atoms in total. The van der Waals surface area contributed by atoms with Gasteiger partial charge in [-0.05, 0) is 12.1 Å². The average molecular weight is 354 g/mol. The summed E-state index contributed by atoms with van der Waals surface area (Å²) in [6, 6.07) is 14.4. The fourth-order valence-corrected chi connectivity index (χ4v) is 2.66. The van der Waals surface area contributed by atoms with Crippen molar-refractivity contribution < 1.29 is 28.5 Å². The Hall–Kier alpha value is -1.01. The molecular weight excluding hydrogens is 343 g/mol. The van der Waals surface area contributed by atoms with Crippen molar-refractivity contribution in [2.24, 2.45) is 0 Å². The van der Waals surface area contributed by atoms with Crippen LogP contribution in [0.2, 0.25) is 0 Å². The van der Waals surface area contributed by atoms with E-state index in [9.17, 15) is 0 Å². The van der Waals surface area contributed by atoms with E-state index in [0.29, 0.717) is 0 Å². The van der Waals surface area contributed by atoms with Crippen LogP contribution in [0.25, 0.3) is 10.2 Å². The maximum absolute atomic E-state index is 4.61. The van der Waals surface area contributed by atoms with Crippen LogP contribution in [0, 0.1) is 0 Å². The fraction of sp³-hybridized carbons (Fsp3) is 0.0769. The fourth-order valence-electron chi connectivity index (χ4n) is 1.68. The van der Waals surface area contributed by atoms with Crippen LogP contribution in [0.15, 0.2) is 54.9 Å². The number of nitrogens with zero attached hydrogens (tertiary/aromatic N) is 2. The third-order valence-electron chi connectivity index (χ3n) is 2.43. The second kappa shape index (κ2) is 5.55. The first kappa shape index (κ1) is 12.4. The lowest BCUT2D eigenvalue weighted by molar-refractivity contribution is -0.688. The monoisotopic (exact) mass is 354 g/mol. The first-order valence-electron chi connectivity index (χ1n) is 5.20. The standard InChI is InChI=1S/C13H11N2S.HI/c1-4-8-15(9-5-1)10-13-14-11-6-2-3-7-12(11)16-13;/h1-9H,10H2;1H/q+1;/p-1. The second-order valence-corrected chi connectivity index (χ2v) is 4.74. The van der Waals surface area contributed by atoms with Crippen molar-refractivity contribution in [3.8, 4) is 0 Å². The van der Waals surface area contributed by atoms with E-state index in [1.54, 1.807) is 11.3 Å². The molecule has 0 aliphatic rings. The Morgan fingerprint density at radius 3 is 2.53 bits per heavy atom. The lowest BCUT2D eigenvalue weighted by Crippen LogP contribution is -3.00. The Kier molecular flexibility index (Phi) is 4.06. The van der Waals surface area contributed by atoms with Gasteiger partial charge in [0.25, 0.3) is 0 Å². The Morgan fingerprint density at radius 2 is 1.76 bits per heavy atom. The molecule has 0 bridgehead atoms. The van der Waals surface area contributed by atoms with E-state index in [1.165, 1.54) is 4.70 Å². The molecule has 4 heteroatoms. The van der Waals surface area contributed by atoms with Gasteiger partial charge < -0.3 is 24.0 Å². The van der Waals surface area contributed by atoms with Gasteiger partial charge in [0.05, 0.1) is 10.2 Å². The molecule has 0 aliphatic carbocycles. The van der Waals surface area contributed by atoms with Crippen LogP contribution in [0.4, 0.5) is 0 Å². The van der Waals surface area contributed by atoms with Crippen LogP contribution in [0.3, 0.4) is 0 Å². The van der Waals surface area contributed by atoms with Gasteiger partial charge in [-0.3, -0.25) is 0 Å². The van der Waals surface area contributed by atoms with Gasteiger partial charge in [-0.15, -0.1) is 11.3 Å². The molecule has 0 radical (unpaired) electrons. The molecule has 0 N–H and O–H groups in total. The SMILES string of the molecule is [I-].c1cc[n+](Cc2nc3ccccc3s2)cc1. The predicted molar refractivity (Wildman–Crippen MR) is 65.4 cm³/mol. The van der Waals surface area contributed by atoms with Crippen LogP contribution in [-0.2, 0) is 6.54 Å². The molecule has 2 heterocycles. The van der Waals surface area contributed by atoms with Crippen molar-refractivity contribution in [2.75, 3.05) is 0 Å². The minimum absolute atomic E-state index is 0. The van der Waals surface area contributed by atoms with Gasteiger partial charge in [0, 0.05) is 12.1 Å². The van der Waals surface area contributed by atoms with Crippen LogP contribution >= 0.6 is 11.3 Å². The number of thiazole rings is 1. The van der Waals surface area contributed by atoms with Crippen LogP contribution in [0.1, 0.15) is 5.01 Å². The van der Waals surface area contributed by atoms with Crippen molar-refractivity contribution in [1.82, 2.24) is 4.98 Å². The number of hydrogen-bond donors (Lipinski definition) is 0. The molecular formula is C13H11IN2S. The Balaban J connectivity index is 0.00000108. The molecule has 0 unspecified atom stereocenters. The summed E-state index contributed by atoms with van der Waals surface area (Å²) in [6.45, 7) is 0.847. The molecule has 1 aromatic carbocycles. The van der Waals surface area contributed by atoms with Crippen LogP contribution < -0.4 is 28.5 Å². The summed E-state index contributed by atoms with van der Waals surface area (Å²) < 4.78 is 3.39. The van der Waals surface area contributed by atoms with E-state index in [-0.39, 0.29) is 24.0 Å². The quantitative estimate of drug-likeness (QED) is 0.454. The molecule has 0 spiro atoms. The van der Waals surface area contributed by atoms with Gasteiger partial charge in [0.1, 0.15) is 0 Å². The molecule has 86 valence electrons. The summed E-state index contributed by atoms with van der Waals surface area (Å²) >= 11 is 1.76. The molecule has 0 aliphatic heterocycles. The zero-order chi connectivity index (χ0) is 10.8. The highest BCUT2D eigenvalue weighted by Gasteiger charge is 2.07. The smallest absolute Gasteiger partial charge is 0.199 e. The maximum atomic E-state index is 4.61. The number of aromatic nitrogens is 2. The van der Waals surface area contributed by atoms with E-state index >= 15 is 0 Å². The van der Waals surface area contributed by atoms with E-state index in [2.05, 4.69) is 40.1 Å². The number of para-hydroxylation sites is 1. The molecule has 0 fully saturated rings. The summed E-state index contributed by atoms with van der Waals surface area (Å²) in [7, 11) is 0. The highest BCUT2D eigenvalue weighted by Crippen LogP contribution is 2.20. The number of benzene rings is 1. The van der Waals surface area contributed by atoms with Crippen molar-refractivity contribution in [3.05, 3.63) is 59.9 Å². The largest absolute Gasteiger partial charge is 1.00 e. The summed E-state index contributed by atoms with van der Waals surface area (Å²) in [6.07, 6.45) is 4.12. The predicted octanol–water partition coefficient (Wildman–Crippen LogP) is -0.364. The maximum Gasteiger partial charge on any atom is 0.199 e. The number of hydrogen-bond acceptors (Lipinski definition) is 2. The van der Waals surface area contributed by atoms with E-state index in [0.717, 1.165) is 17.1 Å². The molecule has 0 saturated carbocycles. The second-order valence-electron chi connectivity index (χ2n) is 3.62. The van der Waals surface area contributed by atoms with Gasteiger partial charge in [-0.1, -0.05) is 18.2 Å². The van der Waals surface area contributed by atoms with E-state index in [4.69, 9.17) is 0 Å².